The van der Waals surface area contributed by atoms with Gasteiger partial charge in [0, 0.05) is 11.6 Å². The number of esters is 1. The minimum absolute atomic E-state index is 0.149. The van der Waals surface area contributed by atoms with E-state index in [0.717, 1.165) is 5.56 Å². The van der Waals surface area contributed by atoms with Crippen LogP contribution in [0.4, 0.5) is 0 Å². The standard InChI is InChI=1S/C16H15NO5/c1-2-19-16(18)12-10-22-14(17-12)7-6-11-4-3-5-13-15(11)21-9-8-20-13/h3-7,10H,2,8-9H2,1H3. The van der Waals surface area contributed by atoms with Crippen LogP contribution in [-0.4, -0.2) is 30.8 Å². The van der Waals surface area contributed by atoms with Crippen molar-refractivity contribution in [2.45, 2.75) is 6.92 Å². The highest BCUT2D eigenvalue weighted by Crippen LogP contribution is 2.34. The molecule has 0 saturated carbocycles. The summed E-state index contributed by atoms with van der Waals surface area (Å²) in [4.78, 5) is 15.6. The molecule has 0 spiro atoms. The Morgan fingerprint density at radius 3 is 3.05 bits per heavy atom. The number of ether oxygens (including phenoxy) is 3. The third kappa shape index (κ3) is 2.95. The molecule has 0 radical (unpaired) electrons. The highest BCUT2D eigenvalue weighted by Gasteiger charge is 2.15. The lowest BCUT2D eigenvalue weighted by Gasteiger charge is -2.19. The third-order valence-electron chi connectivity index (χ3n) is 3.01. The third-order valence-corrected chi connectivity index (χ3v) is 3.01. The first-order chi connectivity index (χ1) is 10.8. The van der Waals surface area contributed by atoms with Crippen LogP contribution in [-0.2, 0) is 4.74 Å². The monoisotopic (exact) mass is 301 g/mol. The van der Waals surface area contributed by atoms with Crippen LogP contribution >= 0.6 is 0 Å². The van der Waals surface area contributed by atoms with Crippen molar-refractivity contribution in [1.29, 1.82) is 0 Å². The first-order valence-electron chi connectivity index (χ1n) is 6.97. The zero-order chi connectivity index (χ0) is 15.4. The minimum atomic E-state index is -0.500. The Labute approximate surface area is 127 Å². The Morgan fingerprint density at radius 1 is 1.32 bits per heavy atom. The van der Waals surface area contributed by atoms with Crippen molar-refractivity contribution in [3.8, 4) is 11.5 Å². The summed E-state index contributed by atoms with van der Waals surface area (Å²) in [6.45, 7) is 3.09. The first kappa shape index (κ1) is 14.2. The maximum Gasteiger partial charge on any atom is 0.360 e. The lowest BCUT2D eigenvalue weighted by Crippen LogP contribution is -2.15. The molecule has 6 heteroatoms. The quantitative estimate of drug-likeness (QED) is 0.809. The van der Waals surface area contributed by atoms with Crippen LogP contribution in [0.5, 0.6) is 11.5 Å². The van der Waals surface area contributed by atoms with E-state index in [4.69, 9.17) is 18.6 Å². The predicted molar refractivity (Wildman–Crippen MR) is 78.8 cm³/mol. The molecule has 0 fully saturated rings. The lowest BCUT2D eigenvalue weighted by molar-refractivity contribution is 0.0519. The van der Waals surface area contributed by atoms with Crippen LogP contribution in [0.2, 0.25) is 0 Å². The molecule has 2 aromatic rings. The van der Waals surface area contributed by atoms with E-state index in [1.165, 1.54) is 6.26 Å². The number of carbonyl (C=O) groups is 1. The van der Waals surface area contributed by atoms with E-state index in [1.807, 2.05) is 18.2 Å². The molecule has 0 unspecified atom stereocenters. The minimum Gasteiger partial charge on any atom is -0.486 e. The molecule has 0 amide bonds. The number of hydrogen-bond acceptors (Lipinski definition) is 6. The molecule has 2 heterocycles. The summed E-state index contributed by atoms with van der Waals surface area (Å²) in [5.41, 5.74) is 1.00. The molecule has 0 saturated heterocycles. The van der Waals surface area contributed by atoms with Crippen molar-refractivity contribution in [2.24, 2.45) is 0 Å². The SMILES string of the molecule is CCOC(=O)c1coc(C=Cc2cccc3c2OCCO3)n1. The van der Waals surface area contributed by atoms with Crippen molar-refractivity contribution in [2.75, 3.05) is 19.8 Å². The number of hydrogen-bond donors (Lipinski definition) is 0. The number of fused-ring (bicyclic) bond motifs is 1. The number of rotatable bonds is 4. The fourth-order valence-corrected chi connectivity index (χ4v) is 2.05. The Balaban J connectivity index is 1.79. The molecular formula is C16H15NO5. The zero-order valence-electron chi connectivity index (χ0n) is 12.1. The van der Waals surface area contributed by atoms with Gasteiger partial charge in [-0.15, -0.1) is 0 Å². The van der Waals surface area contributed by atoms with Gasteiger partial charge in [-0.1, -0.05) is 12.1 Å². The summed E-state index contributed by atoms with van der Waals surface area (Å²) >= 11 is 0. The van der Waals surface area contributed by atoms with Gasteiger partial charge in [-0.3, -0.25) is 0 Å². The number of carbonyl (C=O) groups excluding carboxylic acids is 1. The Kier molecular flexibility index (Phi) is 4.09. The van der Waals surface area contributed by atoms with Gasteiger partial charge in [0.05, 0.1) is 6.61 Å². The van der Waals surface area contributed by atoms with Crippen molar-refractivity contribution >= 4 is 18.1 Å². The van der Waals surface area contributed by atoms with E-state index in [-0.39, 0.29) is 5.69 Å². The van der Waals surface area contributed by atoms with Crippen molar-refractivity contribution < 1.29 is 23.4 Å². The Morgan fingerprint density at radius 2 is 2.18 bits per heavy atom. The molecule has 1 aromatic carbocycles. The highest BCUT2D eigenvalue weighted by atomic mass is 16.6. The number of benzene rings is 1. The van der Waals surface area contributed by atoms with Crippen molar-refractivity contribution in [3.05, 3.63) is 41.6 Å². The molecule has 22 heavy (non-hydrogen) atoms. The number of nitrogens with zero attached hydrogens (tertiary/aromatic N) is 1. The molecule has 0 bridgehead atoms. The molecule has 1 aliphatic heterocycles. The number of aromatic nitrogens is 1. The molecule has 114 valence electrons. The van der Waals surface area contributed by atoms with Crippen LogP contribution in [0, 0.1) is 0 Å². The van der Waals surface area contributed by atoms with Gasteiger partial charge in [0.15, 0.2) is 17.2 Å². The van der Waals surface area contributed by atoms with E-state index < -0.39 is 5.97 Å². The second-order valence-electron chi connectivity index (χ2n) is 4.50. The molecule has 6 nitrogen and oxygen atoms in total. The van der Waals surface area contributed by atoms with Gasteiger partial charge in [0.25, 0.3) is 0 Å². The van der Waals surface area contributed by atoms with Gasteiger partial charge >= 0.3 is 5.97 Å². The van der Waals surface area contributed by atoms with E-state index >= 15 is 0 Å². The van der Waals surface area contributed by atoms with Crippen LogP contribution in [0.15, 0.2) is 28.9 Å². The summed E-state index contributed by atoms with van der Waals surface area (Å²) in [7, 11) is 0. The zero-order valence-corrected chi connectivity index (χ0v) is 12.1. The van der Waals surface area contributed by atoms with E-state index in [1.54, 1.807) is 19.1 Å². The van der Waals surface area contributed by atoms with E-state index in [2.05, 4.69) is 4.98 Å². The summed E-state index contributed by atoms with van der Waals surface area (Å²) in [5.74, 6) is 1.23. The van der Waals surface area contributed by atoms with Crippen molar-refractivity contribution in [3.63, 3.8) is 0 Å². The molecule has 0 atom stereocenters. The van der Waals surface area contributed by atoms with Gasteiger partial charge in [-0.05, 0) is 19.1 Å². The summed E-state index contributed by atoms with van der Waals surface area (Å²) < 4.78 is 21.2. The smallest absolute Gasteiger partial charge is 0.360 e. The van der Waals surface area contributed by atoms with Gasteiger partial charge in [-0.25, -0.2) is 9.78 Å². The fraction of sp³-hybridized carbons (Fsp3) is 0.250. The van der Waals surface area contributed by atoms with Gasteiger partial charge in [0.1, 0.15) is 19.5 Å². The fourth-order valence-electron chi connectivity index (χ4n) is 2.05. The van der Waals surface area contributed by atoms with Gasteiger partial charge in [-0.2, -0.15) is 0 Å². The number of para-hydroxylation sites is 1. The molecule has 0 aliphatic carbocycles. The van der Waals surface area contributed by atoms with Gasteiger partial charge in [0.2, 0.25) is 5.89 Å². The lowest BCUT2D eigenvalue weighted by atomic mass is 10.1. The molecule has 1 aromatic heterocycles. The van der Waals surface area contributed by atoms with Gasteiger partial charge < -0.3 is 18.6 Å². The second-order valence-corrected chi connectivity index (χ2v) is 4.50. The largest absolute Gasteiger partial charge is 0.486 e. The number of oxazole rings is 1. The van der Waals surface area contributed by atoms with Crippen LogP contribution in [0.25, 0.3) is 12.2 Å². The van der Waals surface area contributed by atoms with Crippen LogP contribution in [0.1, 0.15) is 28.9 Å². The summed E-state index contributed by atoms with van der Waals surface area (Å²) in [6, 6.07) is 5.64. The first-order valence-corrected chi connectivity index (χ1v) is 6.97. The van der Waals surface area contributed by atoms with Crippen molar-refractivity contribution in [1.82, 2.24) is 4.98 Å². The second kappa shape index (κ2) is 6.34. The maximum atomic E-state index is 11.5. The highest BCUT2D eigenvalue weighted by molar-refractivity contribution is 5.87. The van der Waals surface area contributed by atoms with Crippen LogP contribution < -0.4 is 9.47 Å². The maximum absolute atomic E-state index is 11.5. The summed E-state index contributed by atoms with van der Waals surface area (Å²) in [6.07, 6.45) is 4.74. The normalized spacial score (nSPS) is 13.3. The van der Waals surface area contributed by atoms with E-state index in [0.29, 0.717) is 37.2 Å². The Bertz CT molecular complexity index is 704. The molecular weight excluding hydrogens is 286 g/mol. The topological polar surface area (TPSA) is 70.8 Å². The summed E-state index contributed by atoms with van der Waals surface area (Å²) in [5, 5.41) is 0. The molecule has 0 N–H and O–H groups in total. The molecule has 3 rings (SSSR count). The average Bonchev–Trinajstić information content (AvgIpc) is 3.02. The predicted octanol–water partition coefficient (Wildman–Crippen LogP) is 2.79. The average molecular weight is 301 g/mol. The van der Waals surface area contributed by atoms with Crippen LogP contribution in [0.3, 0.4) is 0 Å². The Hall–Kier alpha value is -2.76. The molecule has 1 aliphatic rings. The van der Waals surface area contributed by atoms with E-state index in [9.17, 15) is 4.79 Å².